The molecule has 0 amide bonds. The van der Waals surface area contributed by atoms with Gasteiger partial charge in [0, 0.05) is 6.42 Å². The fourth-order valence-corrected chi connectivity index (χ4v) is 0.936. The molecule has 0 atom stereocenters. The SMILES string of the molecule is C=C/C=C\C/C=C\CCCC(C)=O. The molecule has 0 saturated heterocycles. The number of ketones is 1. The van der Waals surface area contributed by atoms with E-state index in [1.54, 1.807) is 13.0 Å². The number of hydrogen-bond acceptors (Lipinski definition) is 1. The van der Waals surface area contributed by atoms with Gasteiger partial charge >= 0.3 is 0 Å². The molecule has 0 aliphatic heterocycles. The molecule has 0 aromatic heterocycles. The molecule has 0 aliphatic rings. The van der Waals surface area contributed by atoms with Crippen molar-refractivity contribution < 1.29 is 4.79 Å². The van der Waals surface area contributed by atoms with E-state index in [1.807, 2.05) is 6.08 Å². The van der Waals surface area contributed by atoms with Crippen molar-refractivity contribution in [3.05, 3.63) is 37.0 Å². The summed E-state index contributed by atoms with van der Waals surface area (Å²) in [5, 5.41) is 0. The Labute approximate surface area is 80.8 Å². The standard InChI is InChI=1S/C12H18O/c1-3-4-5-6-7-8-9-10-11-12(2)13/h3-5,7-8H,1,6,9-11H2,2H3/b5-4-,8-7-. The third-order valence-electron chi connectivity index (χ3n) is 1.61. The summed E-state index contributed by atoms with van der Waals surface area (Å²) < 4.78 is 0. The smallest absolute Gasteiger partial charge is 0.129 e. The number of carbonyl (C=O) groups is 1. The Kier molecular flexibility index (Phi) is 8.21. The maximum Gasteiger partial charge on any atom is 0.129 e. The molecular weight excluding hydrogens is 160 g/mol. The lowest BCUT2D eigenvalue weighted by molar-refractivity contribution is -0.117. The number of rotatable bonds is 7. The lowest BCUT2D eigenvalue weighted by Crippen LogP contribution is -1.87. The summed E-state index contributed by atoms with van der Waals surface area (Å²) in [7, 11) is 0. The summed E-state index contributed by atoms with van der Waals surface area (Å²) in [6.07, 6.45) is 13.6. The van der Waals surface area contributed by atoms with E-state index in [0.717, 1.165) is 19.3 Å². The topological polar surface area (TPSA) is 17.1 Å². The van der Waals surface area contributed by atoms with Gasteiger partial charge in [-0.2, -0.15) is 0 Å². The minimum atomic E-state index is 0.278. The Bertz CT molecular complexity index is 199. The molecule has 0 rings (SSSR count). The van der Waals surface area contributed by atoms with Gasteiger partial charge < -0.3 is 4.79 Å². The zero-order valence-electron chi connectivity index (χ0n) is 8.33. The Morgan fingerprint density at radius 1 is 1.31 bits per heavy atom. The second-order valence-corrected chi connectivity index (χ2v) is 2.97. The first kappa shape index (κ1) is 11.9. The molecule has 0 unspecified atom stereocenters. The van der Waals surface area contributed by atoms with Crippen molar-refractivity contribution in [2.24, 2.45) is 0 Å². The van der Waals surface area contributed by atoms with E-state index in [0.29, 0.717) is 6.42 Å². The molecule has 0 spiro atoms. The summed E-state index contributed by atoms with van der Waals surface area (Å²) in [5.74, 6) is 0.278. The second kappa shape index (κ2) is 8.98. The molecule has 72 valence electrons. The number of carbonyl (C=O) groups excluding carboxylic acids is 1. The Morgan fingerprint density at radius 2 is 2.08 bits per heavy atom. The van der Waals surface area contributed by atoms with E-state index < -0.39 is 0 Å². The van der Waals surface area contributed by atoms with Crippen LogP contribution >= 0.6 is 0 Å². The zero-order valence-corrected chi connectivity index (χ0v) is 8.33. The quantitative estimate of drug-likeness (QED) is 0.331. The van der Waals surface area contributed by atoms with Crippen LogP contribution in [0.5, 0.6) is 0 Å². The van der Waals surface area contributed by atoms with E-state index in [-0.39, 0.29) is 5.78 Å². The van der Waals surface area contributed by atoms with Crippen LogP contribution in [0.2, 0.25) is 0 Å². The van der Waals surface area contributed by atoms with Gasteiger partial charge in [-0.1, -0.05) is 37.0 Å². The molecule has 0 heterocycles. The van der Waals surface area contributed by atoms with Crippen LogP contribution in [0.4, 0.5) is 0 Å². The summed E-state index contributed by atoms with van der Waals surface area (Å²) in [4.78, 5) is 10.6. The number of Topliss-reactive ketones (excluding diaryl/α,β-unsaturated/α-hetero) is 1. The highest BCUT2D eigenvalue weighted by Gasteiger charge is 1.89. The normalized spacial score (nSPS) is 11.2. The first-order valence-electron chi connectivity index (χ1n) is 4.69. The van der Waals surface area contributed by atoms with Gasteiger partial charge in [0.15, 0.2) is 0 Å². The summed E-state index contributed by atoms with van der Waals surface area (Å²) >= 11 is 0. The van der Waals surface area contributed by atoms with Crippen LogP contribution in [0.1, 0.15) is 32.6 Å². The van der Waals surface area contributed by atoms with Crippen LogP contribution in [0, 0.1) is 0 Å². The van der Waals surface area contributed by atoms with E-state index in [4.69, 9.17) is 0 Å². The molecule has 1 nitrogen and oxygen atoms in total. The molecule has 0 aliphatic carbocycles. The largest absolute Gasteiger partial charge is 0.300 e. The summed E-state index contributed by atoms with van der Waals surface area (Å²) in [5.41, 5.74) is 0. The predicted molar refractivity (Wildman–Crippen MR) is 57.6 cm³/mol. The van der Waals surface area contributed by atoms with Crippen molar-refractivity contribution in [2.45, 2.75) is 32.6 Å². The highest BCUT2D eigenvalue weighted by Crippen LogP contribution is 1.98. The van der Waals surface area contributed by atoms with Crippen LogP contribution in [-0.2, 0) is 4.79 Å². The first-order valence-corrected chi connectivity index (χ1v) is 4.69. The molecule has 1 heteroatoms. The molecular formula is C12H18O. The number of unbranched alkanes of at least 4 members (excludes halogenated alkanes) is 1. The zero-order chi connectivity index (χ0) is 9.94. The first-order chi connectivity index (χ1) is 6.27. The van der Waals surface area contributed by atoms with Gasteiger partial charge in [0.2, 0.25) is 0 Å². The molecule has 0 bridgehead atoms. The summed E-state index contributed by atoms with van der Waals surface area (Å²) in [6.45, 7) is 5.21. The third kappa shape index (κ3) is 10.9. The van der Waals surface area contributed by atoms with Crippen molar-refractivity contribution in [3.63, 3.8) is 0 Å². The maximum absolute atomic E-state index is 10.6. The third-order valence-corrected chi connectivity index (χ3v) is 1.61. The van der Waals surface area contributed by atoms with Crippen LogP contribution in [0.3, 0.4) is 0 Å². The van der Waals surface area contributed by atoms with Crippen molar-refractivity contribution >= 4 is 5.78 Å². The van der Waals surface area contributed by atoms with Crippen molar-refractivity contribution in [3.8, 4) is 0 Å². The number of allylic oxidation sites excluding steroid dienone is 5. The monoisotopic (exact) mass is 178 g/mol. The Hall–Kier alpha value is -1.11. The molecule has 0 aromatic rings. The van der Waals surface area contributed by atoms with Gasteiger partial charge in [-0.15, -0.1) is 0 Å². The average Bonchev–Trinajstić information content (AvgIpc) is 2.09. The molecule has 0 saturated carbocycles. The lowest BCUT2D eigenvalue weighted by atomic mass is 10.2. The highest BCUT2D eigenvalue weighted by molar-refractivity contribution is 5.75. The highest BCUT2D eigenvalue weighted by atomic mass is 16.1. The Morgan fingerprint density at radius 3 is 2.69 bits per heavy atom. The van der Waals surface area contributed by atoms with Crippen molar-refractivity contribution in [1.29, 1.82) is 0 Å². The molecule has 13 heavy (non-hydrogen) atoms. The van der Waals surface area contributed by atoms with Crippen molar-refractivity contribution in [2.75, 3.05) is 0 Å². The molecule has 0 N–H and O–H groups in total. The molecule has 0 aromatic carbocycles. The summed E-state index contributed by atoms with van der Waals surface area (Å²) in [6, 6.07) is 0. The van der Waals surface area contributed by atoms with Gasteiger partial charge in [-0.25, -0.2) is 0 Å². The molecule has 0 radical (unpaired) electrons. The van der Waals surface area contributed by atoms with Crippen molar-refractivity contribution in [1.82, 2.24) is 0 Å². The minimum Gasteiger partial charge on any atom is -0.300 e. The second-order valence-electron chi connectivity index (χ2n) is 2.97. The number of hydrogen-bond donors (Lipinski definition) is 0. The van der Waals surface area contributed by atoms with Crippen LogP contribution in [0.25, 0.3) is 0 Å². The molecule has 0 fully saturated rings. The van der Waals surface area contributed by atoms with Crippen LogP contribution in [0.15, 0.2) is 37.0 Å². The van der Waals surface area contributed by atoms with Gasteiger partial charge in [-0.3, -0.25) is 0 Å². The van der Waals surface area contributed by atoms with Gasteiger partial charge in [0.1, 0.15) is 5.78 Å². The minimum absolute atomic E-state index is 0.278. The predicted octanol–water partition coefficient (Wildman–Crippen LogP) is 3.43. The van der Waals surface area contributed by atoms with Crippen LogP contribution in [-0.4, -0.2) is 5.78 Å². The van der Waals surface area contributed by atoms with Crippen LogP contribution < -0.4 is 0 Å². The van der Waals surface area contributed by atoms with E-state index >= 15 is 0 Å². The average molecular weight is 178 g/mol. The fraction of sp³-hybridized carbons (Fsp3) is 0.417. The van der Waals surface area contributed by atoms with E-state index in [1.165, 1.54) is 0 Å². The van der Waals surface area contributed by atoms with E-state index in [9.17, 15) is 4.79 Å². The fourth-order valence-electron chi connectivity index (χ4n) is 0.936. The Balaban J connectivity index is 3.26. The van der Waals surface area contributed by atoms with Gasteiger partial charge in [0.25, 0.3) is 0 Å². The van der Waals surface area contributed by atoms with Gasteiger partial charge in [0.05, 0.1) is 0 Å². The van der Waals surface area contributed by atoms with Gasteiger partial charge in [-0.05, 0) is 26.2 Å². The van der Waals surface area contributed by atoms with E-state index in [2.05, 4.69) is 24.8 Å². The lowest BCUT2D eigenvalue weighted by Gasteiger charge is -1.90. The maximum atomic E-state index is 10.6.